The van der Waals surface area contributed by atoms with Crippen LogP contribution in [-0.4, -0.2) is 54.1 Å². The van der Waals surface area contributed by atoms with E-state index in [1.165, 1.54) is 54.5 Å². The molecular weight excluding hydrogens is 500 g/mol. The number of halogens is 2. The van der Waals surface area contributed by atoms with Crippen molar-refractivity contribution < 1.29 is 28.2 Å². The van der Waals surface area contributed by atoms with Crippen LogP contribution < -0.4 is 19.7 Å². The van der Waals surface area contributed by atoms with Crippen molar-refractivity contribution in [2.45, 2.75) is 25.1 Å². The lowest BCUT2D eigenvalue weighted by atomic mass is 10.1. The summed E-state index contributed by atoms with van der Waals surface area (Å²) in [7, 11) is 3.02. The lowest BCUT2D eigenvalue weighted by molar-refractivity contribution is -0.117. The molecule has 0 bridgehead atoms. The van der Waals surface area contributed by atoms with Gasteiger partial charge in [-0.05, 0) is 72.7 Å². The van der Waals surface area contributed by atoms with E-state index in [0.717, 1.165) is 11.3 Å². The van der Waals surface area contributed by atoms with Crippen molar-refractivity contribution in [3.8, 4) is 11.5 Å². The summed E-state index contributed by atoms with van der Waals surface area (Å²) >= 11 is 5.69. The van der Waals surface area contributed by atoms with Gasteiger partial charge in [0.1, 0.15) is 23.1 Å². The first-order chi connectivity index (χ1) is 17.8. The summed E-state index contributed by atoms with van der Waals surface area (Å²) in [5.41, 5.74) is 1.51. The highest BCUT2D eigenvalue weighted by Crippen LogP contribution is 2.31. The van der Waals surface area contributed by atoms with Crippen LogP contribution in [0.4, 0.5) is 20.2 Å². The smallest absolute Gasteiger partial charge is 0.226 e. The molecule has 1 amide bonds. The summed E-state index contributed by atoms with van der Waals surface area (Å²) in [4.78, 5) is 16.2. The first-order valence-corrected chi connectivity index (χ1v) is 12.0. The molecule has 3 aromatic rings. The summed E-state index contributed by atoms with van der Waals surface area (Å²) in [6.45, 7) is 0.411. The second-order valence-corrected chi connectivity index (χ2v) is 8.86. The van der Waals surface area contributed by atoms with Crippen LogP contribution in [-0.2, 0) is 11.2 Å². The second-order valence-electron chi connectivity index (χ2n) is 8.50. The third kappa shape index (κ3) is 5.98. The van der Waals surface area contributed by atoms with Gasteiger partial charge in [-0.3, -0.25) is 9.69 Å². The van der Waals surface area contributed by atoms with Gasteiger partial charge in [-0.2, -0.15) is 0 Å². The number of hydrogen-bond donors (Lipinski definition) is 2. The first kappa shape index (κ1) is 26.3. The van der Waals surface area contributed by atoms with Crippen molar-refractivity contribution >= 4 is 34.6 Å². The fraction of sp³-hybridized carbons (Fsp3) is 0.259. The second kappa shape index (κ2) is 11.5. The Balaban J connectivity index is 1.54. The third-order valence-corrected chi connectivity index (χ3v) is 6.64. The maximum absolute atomic E-state index is 14.4. The van der Waals surface area contributed by atoms with E-state index >= 15 is 0 Å². The molecule has 2 atom stereocenters. The highest BCUT2D eigenvalue weighted by atomic mass is 32.1. The molecule has 0 radical (unpaired) electrons. The maximum Gasteiger partial charge on any atom is 0.226 e. The number of nitrogens with one attached hydrogen (secondary N) is 1. The van der Waals surface area contributed by atoms with Gasteiger partial charge in [-0.15, -0.1) is 0 Å². The van der Waals surface area contributed by atoms with E-state index in [9.17, 15) is 18.7 Å². The molecule has 4 rings (SSSR count). The predicted molar refractivity (Wildman–Crippen MR) is 141 cm³/mol. The van der Waals surface area contributed by atoms with Crippen molar-refractivity contribution in [1.29, 1.82) is 0 Å². The lowest BCUT2D eigenvalue weighted by Crippen LogP contribution is -2.41. The highest BCUT2D eigenvalue weighted by molar-refractivity contribution is 7.80. The molecular formula is C27H27F2N3O4S. The molecule has 0 saturated carbocycles. The van der Waals surface area contributed by atoms with Gasteiger partial charge in [0.15, 0.2) is 11.3 Å². The minimum absolute atomic E-state index is 0.000960. The van der Waals surface area contributed by atoms with Gasteiger partial charge >= 0.3 is 0 Å². The zero-order chi connectivity index (χ0) is 26.5. The summed E-state index contributed by atoms with van der Waals surface area (Å²) in [5.74, 6) is -0.492. The molecule has 1 saturated heterocycles. The van der Waals surface area contributed by atoms with Gasteiger partial charge in [-0.1, -0.05) is 12.1 Å². The number of carbonyl (C=O) groups excluding carboxylic acids is 1. The van der Waals surface area contributed by atoms with Gasteiger partial charge in [-0.25, -0.2) is 8.78 Å². The van der Waals surface area contributed by atoms with Crippen LogP contribution in [0.15, 0.2) is 66.7 Å². The molecule has 7 nitrogen and oxygen atoms in total. The number of benzene rings is 3. The van der Waals surface area contributed by atoms with Gasteiger partial charge in [0.2, 0.25) is 5.91 Å². The van der Waals surface area contributed by atoms with Crippen LogP contribution in [0.5, 0.6) is 11.5 Å². The molecule has 0 aromatic heterocycles. The number of carbonyl (C=O) groups is 1. The van der Waals surface area contributed by atoms with E-state index in [-0.39, 0.29) is 12.1 Å². The molecule has 1 aliphatic heterocycles. The molecule has 10 heteroatoms. The Kier molecular flexibility index (Phi) is 8.20. The van der Waals surface area contributed by atoms with Crippen molar-refractivity contribution in [3.05, 3.63) is 83.9 Å². The number of methoxy groups -OCH3 is 2. The molecule has 1 heterocycles. The van der Waals surface area contributed by atoms with Crippen molar-refractivity contribution in [1.82, 2.24) is 4.90 Å². The van der Waals surface area contributed by atoms with Gasteiger partial charge in [0, 0.05) is 18.3 Å². The van der Waals surface area contributed by atoms with E-state index < -0.39 is 29.8 Å². The van der Waals surface area contributed by atoms with Gasteiger partial charge in [0.05, 0.1) is 32.4 Å². The van der Waals surface area contributed by atoms with Crippen LogP contribution >= 0.6 is 12.2 Å². The molecule has 2 N–H and O–H groups in total. The van der Waals surface area contributed by atoms with Crippen molar-refractivity contribution in [2.75, 3.05) is 31.0 Å². The third-order valence-electron chi connectivity index (χ3n) is 6.21. The topological polar surface area (TPSA) is 74.3 Å². The number of rotatable bonds is 9. The Morgan fingerprint density at radius 2 is 1.65 bits per heavy atom. The Morgan fingerprint density at radius 3 is 2.27 bits per heavy atom. The number of amides is 1. The van der Waals surface area contributed by atoms with Crippen LogP contribution in [0, 0.1) is 11.6 Å². The number of thiocarbonyl (C=S) groups is 1. The zero-order valence-electron chi connectivity index (χ0n) is 20.4. The Bertz CT molecular complexity index is 1260. The average Bonchev–Trinajstić information content (AvgIpc) is 3.13. The lowest BCUT2D eigenvalue weighted by Gasteiger charge is -2.25. The molecule has 194 valence electrons. The zero-order valence-corrected chi connectivity index (χ0v) is 21.2. The molecule has 1 aliphatic rings. The minimum atomic E-state index is -1.18. The van der Waals surface area contributed by atoms with E-state index in [1.807, 2.05) is 24.3 Å². The summed E-state index contributed by atoms with van der Waals surface area (Å²) < 4.78 is 38.1. The largest absolute Gasteiger partial charge is 0.497 e. The number of nitrogens with zero attached hydrogens (tertiary/aromatic N) is 2. The predicted octanol–water partition coefficient (Wildman–Crippen LogP) is 4.35. The van der Waals surface area contributed by atoms with Crippen molar-refractivity contribution in [2.24, 2.45) is 0 Å². The maximum atomic E-state index is 14.4. The van der Waals surface area contributed by atoms with Crippen molar-refractivity contribution in [3.63, 3.8) is 0 Å². The Morgan fingerprint density at radius 1 is 1.00 bits per heavy atom. The fourth-order valence-electron chi connectivity index (χ4n) is 4.23. The summed E-state index contributed by atoms with van der Waals surface area (Å²) in [6, 6.07) is 16.5. The Labute approximate surface area is 219 Å². The SMILES string of the molecule is COc1ccc(CCN2C(=S)N(c3ccc(F)cc3)C(O)C2CC(=O)Nc2ccc(OC)cc2F)cc1. The average molecular weight is 528 g/mol. The number of ether oxygens (including phenoxy) is 2. The number of aliphatic hydroxyl groups excluding tert-OH is 1. The monoisotopic (exact) mass is 527 g/mol. The minimum Gasteiger partial charge on any atom is -0.497 e. The van der Waals surface area contributed by atoms with E-state index in [1.54, 1.807) is 12.0 Å². The van der Waals surface area contributed by atoms with Crippen LogP contribution in [0.25, 0.3) is 0 Å². The molecule has 3 aromatic carbocycles. The van der Waals surface area contributed by atoms with E-state index in [4.69, 9.17) is 21.7 Å². The molecule has 0 aliphatic carbocycles. The number of aliphatic hydroxyl groups is 1. The molecule has 1 fully saturated rings. The molecule has 37 heavy (non-hydrogen) atoms. The van der Waals surface area contributed by atoms with Crippen LogP contribution in [0.3, 0.4) is 0 Å². The summed E-state index contributed by atoms with van der Waals surface area (Å²) in [5, 5.41) is 14.1. The van der Waals surface area contributed by atoms with Gasteiger partial charge in [0.25, 0.3) is 0 Å². The molecule has 0 spiro atoms. The highest BCUT2D eigenvalue weighted by Gasteiger charge is 2.43. The van der Waals surface area contributed by atoms with E-state index in [2.05, 4.69) is 5.32 Å². The standard InChI is InChI=1S/C27H27F2N3O4S/c1-35-20-9-3-17(4-10-20)13-14-31-24(16-25(33)30-23-12-11-21(36-2)15-22(23)29)26(34)32(27(31)37)19-7-5-18(28)6-8-19/h3-12,15,24,26,34H,13-14,16H2,1-2H3,(H,30,33). The van der Waals surface area contributed by atoms with Gasteiger partial charge < -0.3 is 24.8 Å². The Hall–Kier alpha value is -3.76. The number of hydrogen-bond acceptors (Lipinski definition) is 5. The fourth-order valence-corrected chi connectivity index (χ4v) is 4.67. The quantitative estimate of drug-likeness (QED) is 0.401. The van der Waals surface area contributed by atoms with Crippen LogP contribution in [0.2, 0.25) is 0 Å². The number of anilines is 2. The summed E-state index contributed by atoms with van der Waals surface area (Å²) in [6.07, 6.45) is -0.757. The molecule has 2 unspecified atom stereocenters. The van der Waals surface area contributed by atoms with E-state index in [0.29, 0.717) is 29.5 Å². The normalized spacial score (nSPS) is 17.2. The van der Waals surface area contributed by atoms with Crippen LogP contribution in [0.1, 0.15) is 12.0 Å². The first-order valence-electron chi connectivity index (χ1n) is 11.6.